The van der Waals surface area contributed by atoms with E-state index in [4.69, 9.17) is 0 Å². The second kappa shape index (κ2) is 3.85. The molecule has 3 nitrogen and oxygen atoms in total. The Kier molecular flexibility index (Phi) is 2.54. The number of rotatable bonds is 2. The molecule has 78 valence electrons. The monoisotopic (exact) mass is 201 g/mol. The van der Waals surface area contributed by atoms with Gasteiger partial charge in [0.15, 0.2) is 0 Å². The molecule has 15 heavy (non-hydrogen) atoms. The van der Waals surface area contributed by atoms with Gasteiger partial charge in [-0.3, -0.25) is 9.67 Å². The first kappa shape index (κ1) is 9.90. The van der Waals surface area contributed by atoms with Crippen molar-refractivity contribution in [1.82, 2.24) is 14.8 Å². The van der Waals surface area contributed by atoms with Crippen LogP contribution in [-0.2, 0) is 7.05 Å². The molecule has 2 aromatic heterocycles. The first-order valence-electron chi connectivity index (χ1n) is 5.13. The lowest BCUT2D eigenvalue weighted by Gasteiger charge is -2.06. The molecule has 0 aliphatic rings. The maximum absolute atomic E-state index is 4.44. The van der Waals surface area contributed by atoms with Gasteiger partial charge in [-0.2, -0.15) is 5.10 Å². The molecule has 0 radical (unpaired) electrons. The van der Waals surface area contributed by atoms with E-state index in [1.165, 1.54) is 5.56 Å². The minimum Gasteiger partial charge on any atom is -0.266 e. The lowest BCUT2D eigenvalue weighted by molar-refractivity contribution is 0.772. The predicted octanol–water partition coefficient (Wildman–Crippen LogP) is 2.61. The second-order valence-electron chi connectivity index (χ2n) is 3.97. The Balaban J connectivity index is 2.36. The molecular formula is C12H15N3. The summed E-state index contributed by atoms with van der Waals surface area (Å²) in [6, 6.07) is 6.14. The average molecular weight is 201 g/mol. The first-order chi connectivity index (χ1) is 7.18. The number of hydrogen-bond acceptors (Lipinski definition) is 2. The molecular weight excluding hydrogens is 186 g/mol. The molecule has 0 fully saturated rings. The highest BCUT2D eigenvalue weighted by atomic mass is 15.3. The number of pyridine rings is 1. The third kappa shape index (κ3) is 1.91. The van der Waals surface area contributed by atoms with Crippen LogP contribution in [0.4, 0.5) is 0 Å². The summed E-state index contributed by atoms with van der Waals surface area (Å²) >= 11 is 0. The van der Waals surface area contributed by atoms with Crippen LogP contribution in [0.5, 0.6) is 0 Å². The molecule has 0 spiro atoms. The van der Waals surface area contributed by atoms with Crippen molar-refractivity contribution < 1.29 is 0 Å². The Morgan fingerprint density at radius 1 is 1.20 bits per heavy atom. The lowest BCUT2D eigenvalue weighted by Crippen LogP contribution is -1.96. The SMILES string of the molecule is CC(C)c1ccc(-c2ccnn2C)nc1. The minimum absolute atomic E-state index is 0.526. The first-order valence-corrected chi connectivity index (χ1v) is 5.13. The summed E-state index contributed by atoms with van der Waals surface area (Å²) in [5, 5.41) is 4.13. The smallest absolute Gasteiger partial charge is 0.0883 e. The Bertz CT molecular complexity index is 440. The molecule has 0 saturated carbocycles. The van der Waals surface area contributed by atoms with E-state index < -0.39 is 0 Å². The van der Waals surface area contributed by atoms with Crippen molar-refractivity contribution in [1.29, 1.82) is 0 Å². The average Bonchev–Trinajstić information content (AvgIpc) is 2.65. The van der Waals surface area contributed by atoms with Crippen LogP contribution in [0.15, 0.2) is 30.6 Å². The van der Waals surface area contributed by atoms with Crippen LogP contribution in [-0.4, -0.2) is 14.8 Å². The van der Waals surface area contributed by atoms with Crippen molar-refractivity contribution >= 4 is 0 Å². The molecule has 3 heteroatoms. The molecule has 0 amide bonds. The van der Waals surface area contributed by atoms with Gasteiger partial charge in [-0.1, -0.05) is 19.9 Å². The van der Waals surface area contributed by atoms with Crippen molar-refractivity contribution in [2.24, 2.45) is 7.05 Å². The van der Waals surface area contributed by atoms with Gasteiger partial charge >= 0.3 is 0 Å². The van der Waals surface area contributed by atoms with Gasteiger partial charge in [0, 0.05) is 19.4 Å². The molecule has 0 bridgehead atoms. The van der Waals surface area contributed by atoms with Crippen molar-refractivity contribution in [3.05, 3.63) is 36.2 Å². The number of aromatic nitrogens is 3. The molecule has 0 atom stereocenters. The lowest BCUT2D eigenvalue weighted by atomic mass is 10.1. The van der Waals surface area contributed by atoms with E-state index in [2.05, 4.69) is 30.0 Å². The van der Waals surface area contributed by atoms with Gasteiger partial charge in [0.05, 0.1) is 11.4 Å². The summed E-state index contributed by atoms with van der Waals surface area (Å²) in [6.07, 6.45) is 3.72. The zero-order valence-corrected chi connectivity index (χ0v) is 9.31. The van der Waals surface area contributed by atoms with Crippen LogP contribution in [0.2, 0.25) is 0 Å². The van der Waals surface area contributed by atoms with E-state index in [-0.39, 0.29) is 0 Å². The summed E-state index contributed by atoms with van der Waals surface area (Å²) in [5.41, 5.74) is 3.28. The summed E-state index contributed by atoms with van der Waals surface area (Å²) in [6.45, 7) is 4.33. The van der Waals surface area contributed by atoms with E-state index in [1.807, 2.05) is 30.1 Å². The summed E-state index contributed by atoms with van der Waals surface area (Å²) < 4.78 is 1.83. The molecule has 2 aromatic rings. The van der Waals surface area contributed by atoms with Crippen LogP contribution in [0.25, 0.3) is 11.4 Å². The van der Waals surface area contributed by atoms with Gasteiger partial charge in [-0.15, -0.1) is 0 Å². The quantitative estimate of drug-likeness (QED) is 0.747. The number of nitrogens with zero attached hydrogens (tertiary/aromatic N) is 3. The Hall–Kier alpha value is -1.64. The molecule has 2 rings (SSSR count). The molecule has 0 unspecified atom stereocenters. The van der Waals surface area contributed by atoms with Crippen molar-refractivity contribution in [3.63, 3.8) is 0 Å². The van der Waals surface area contributed by atoms with Crippen LogP contribution in [0.3, 0.4) is 0 Å². The summed E-state index contributed by atoms with van der Waals surface area (Å²) in [5.74, 6) is 0.526. The third-order valence-electron chi connectivity index (χ3n) is 2.54. The maximum Gasteiger partial charge on any atom is 0.0883 e. The normalized spacial score (nSPS) is 10.9. The van der Waals surface area contributed by atoms with Crippen molar-refractivity contribution in [2.45, 2.75) is 19.8 Å². The zero-order chi connectivity index (χ0) is 10.8. The Morgan fingerprint density at radius 2 is 2.00 bits per heavy atom. The van der Waals surface area contributed by atoms with E-state index in [0.717, 1.165) is 11.4 Å². The van der Waals surface area contributed by atoms with E-state index in [1.54, 1.807) is 6.20 Å². The van der Waals surface area contributed by atoms with Crippen molar-refractivity contribution in [2.75, 3.05) is 0 Å². The van der Waals surface area contributed by atoms with Gasteiger partial charge in [-0.05, 0) is 23.6 Å². The maximum atomic E-state index is 4.44. The molecule has 0 aliphatic carbocycles. The Labute approximate surface area is 89.8 Å². The number of hydrogen-bond donors (Lipinski definition) is 0. The molecule has 0 aromatic carbocycles. The second-order valence-corrected chi connectivity index (χ2v) is 3.97. The van der Waals surface area contributed by atoms with Crippen LogP contribution in [0.1, 0.15) is 25.3 Å². The van der Waals surface area contributed by atoms with Gasteiger partial charge in [0.1, 0.15) is 0 Å². The van der Waals surface area contributed by atoms with Gasteiger partial charge in [-0.25, -0.2) is 0 Å². The fourth-order valence-electron chi connectivity index (χ4n) is 1.52. The van der Waals surface area contributed by atoms with E-state index >= 15 is 0 Å². The van der Waals surface area contributed by atoms with Gasteiger partial charge in [0.25, 0.3) is 0 Å². The number of aryl methyl sites for hydroxylation is 1. The highest BCUT2D eigenvalue weighted by molar-refractivity contribution is 5.54. The summed E-state index contributed by atoms with van der Waals surface area (Å²) in [7, 11) is 1.92. The predicted molar refractivity (Wildman–Crippen MR) is 60.5 cm³/mol. The zero-order valence-electron chi connectivity index (χ0n) is 9.31. The van der Waals surface area contributed by atoms with E-state index in [9.17, 15) is 0 Å². The van der Waals surface area contributed by atoms with Gasteiger partial charge in [0.2, 0.25) is 0 Å². The largest absolute Gasteiger partial charge is 0.266 e. The standard InChI is InChI=1S/C12H15N3/c1-9(2)10-4-5-11(13-8-10)12-6-7-14-15(12)3/h4-9H,1-3H3. The Morgan fingerprint density at radius 3 is 2.47 bits per heavy atom. The van der Waals surface area contributed by atoms with E-state index in [0.29, 0.717) is 5.92 Å². The van der Waals surface area contributed by atoms with Crippen LogP contribution < -0.4 is 0 Å². The molecule has 0 N–H and O–H groups in total. The van der Waals surface area contributed by atoms with Gasteiger partial charge < -0.3 is 0 Å². The molecule has 2 heterocycles. The van der Waals surface area contributed by atoms with Crippen molar-refractivity contribution in [3.8, 4) is 11.4 Å². The third-order valence-corrected chi connectivity index (χ3v) is 2.54. The van der Waals surface area contributed by atoms with Crippen LogP contribution in [0, 0.1) is 0 Å². The molecule has 0 aliphatic heterocycles. The molecule has 0 saturated heterocycles. The highest BCUT2D eigenvalue weighted by Crippen LogP contribution is 2.18. The minimum atomic E-state index is 0.526. The summed E-state index contributed by atoms with van der Waals surface area (Å²) in [4.78, 5) is 4.44. The fraction of sp³-hybridized carbons (Fsp3) is 0.333. The van der Waals surface area contributed by atoms with Crippen LogP contribution >= 0.6 is 0 Å². The fourth-order valence-corrected chi connectivity index (χ4v) is 1.52. The highest BCUT2D eigenvalue weighted by Gasteiger charge is 2.04. The topological polar surface area (TPSA) is 30.7 Å².